The number of ether oxygens (including phenoxy) is 1. The van der Waals surface area contributed by atoms with Crippen molar-refractivity contribution in [1.29, 1.82) is 0 Å². The van der Waals surface area contributed by atoms with Gasteiger partial charge in [0.15, 0.2) is 0 Å². The third kappa shape index (κ3) is 5.47. The van der Waals surface area contributed by atoms with Gasteiger partial charge in [-0.3, -0.25) is 9.59 Å². The van der Waals surface area contributed by atoms with Crippen LogP contribution in [0, 0.1) is 0 Å². The van der Waals surface area contributed by atoms with Gasteiger partial charge in [-0.15, -0.1) is 22.7 Å². The molecule has 0 spiro atoms. The Balaban J connectivity index is 1.86. The number of hydrogen-bond acceptors (Lipinski definition) is 6. The molecular formula is C22H25N3O3S2. The van der Waals surface area contributed by atoms with Gasteiger partial charge in [-0.2, -0.15) is 0 Å². The molecule has 0 aliphatic heterocycles. The number of thiophene rings is 2. The van der Waals surface area contributed by atoms with Crippen molar-refractivity contribution in [3.63, 3.8) is 0 Å². The summed E-state index contributed by atoms with van der Waals surface area (Å²) in [5, 5.41) is 6.72. The SMILES string of the molecule is COCCN(Cc1cc(NC(=O)c2cccs2)ccc1N(C)C)C(=O)c1cccs1. The molecule has 1 aromatic carbocycles. The standard InChI is InChI=1S/C22H25N3O3S2/c1-24(2)18-9-8-17(23-21(26)19-6-4-12-29-19)14-16(18)15-25(10-11-28-3)22(27)20-7-5-13-30-20/h4-9,12-14H,10-11,15H2,1-3H3,(H,23,26). The summed E-state index contributed by atoms with van der Waals surface area (Å²) in [5.41, 5.74) is 2.64. The van der Waals surface area contributed by atoms with Crippen molar-refractivity contribution < 1.29 is 14.3 Å². The molecular weight excluding hydrogens is 418 g/mol. The number of anilines is 2. The van der Waals surface area contributed by atoms with Crippen LogP contribution in [-0.2, 0) is 11.3 Å². The molecule has 0 saturated heterocycles. The van der Waals surface area contributed by atoms with Gasteiger partial charge in [-0.05, 0) is 46.7 Å². The zero-order valence-electron chi connectivity index (χ0n) is 17.3. The van der Waals surface area contributed by atoms with Gasteiger partial charge in [0.25, 0.3) is 11.8 Å². The quantitative estimate of drug-likeness (QED) is 0.532. The summed E-state index contributed by atoms with van der Waals surface area (Å²) < 4.78 is 5.22. The number of benzene rings is 1. The Morgan fingerprint density at radius 3 is 2.33 bits per heavy atom. The zero-order valence-corrected chi connectivity index (χ0v) is 18.9. The summed E-state index contributed by atoms with van der Waals surface area (Å²) in [6.45, 7) is 1.34. The van der Waals surface area contributed by atoms with Gasteiger partial charge >= 0.3 is 0 Å². The summed E-state index contributed by atoms with van der Waals surface area (Å²) in [6, 6.07) is 13.1. The van der Waals surface area contributed by atoms with Crippen molar-refractivity contribution in [3.8, 4) is 0 Å². The third-order valence-corrected chi connectivity index (χ3v) is 6.24. The highest BCUT2D eigenvalue weighted by atomic mass is 32.1. The summed E-state index contributed by atoms with van der Waals surface area (Å²) in [4.78, 5) is 30.6. The van der Waals surface area contributed by atoms with Crippen LogP contribution in [0.5, 0.6) is 0 Å². The van der Waals surface area contributed by atoms with E-state index in [1.807, 2.05) is 66.2 Å². The van der Waals surface area contributed by atoms with E-state index in [2.05, 4.69) is 5.32 Å². The van der Waals surface area contributed by atoms with E-state index in [4.69, 9.17) is 4.74 Å². The zero-order chi connectivity index (χ0) is 21.5. The van der Waals surface area contributed by atoms with Crippen molar-refractivity contribution in [2.75, 3.05) is 44.6 Å². The molecule has 0 radical (unpaired) electrons. The minimum absolute atomic E-state index is 0.0280. The van der Waals surface area contributed by atoms with E-state index in [1.165, 1.54) is 22.7 Å². The largest absolute Gasteiger partial charge is 0.383 e. The number of nitrogens with zero attached hydrogens (tertiary/aromatic N) is 2. The van der Waals surface area contributed by atoms with Gasteiger partial charge in [-0.25, -0.2) is 0 Å². The van der Waals surface area contributed by atoms with Crippen molar-refractivity contribution in [2.45, 2.75) is 6.54 Å². The molecule has 0 bridgehead atoms. The monoisotopic (exact) mass is 443 g/mol. The average molecular weight is 444 g/mol. The molecule has 8 heteroatoms. The molecule has 1 N–H and O–H groups in total. The van der Waals surface area contributed by atoms with Crippen LogP contribution >= 0.6 is 22.7 Å². The molecule has 30 heavy (non-hydrogen) atoms. The van der Waals surface area contributed by atoms with Gasteiger partial charge in [0.1, 0.15) is 0 Å². The van der Waals surface area contributed by atoms with Crippen LogP contribution in [0.2, 0.25) is 0 Å². The van der Waals surface area contributed by atoms with Crippen LogP contribution in [-0.4, -0.2) is 51.1 Å². The number of rotatable bonds is 9. The van der Waals surface area contributed by atoms with Crippen LogP contribution in [0.4, 0.5) is 11.4 Å². The normalized spacial score (nSPS) is 10.6. The predicted octanol–water partition coefficient (Wildman–Crippen LogP) is 4.42. The average Bonchev–Trinajstić information content (AvgIpc) is 3.44. The van der Waals surface area contributed by atoms with Crippen molar-refractivity contribution in [1.82, 2.24) is 4.90 Å². The fraction of sp³-hybridized carbons (Fsp3) is 0.273. The van der Waals surface area contributed by atoms with E-state index >= 15 is 0 Å². The summed E-state index contributed by atoms with van der Waals surface area (Å²) in [5.74, 6) is -0.167. The maximum Gasteiger partial charge on any atom is 0.265 e. The molecule has 3 rings (SSSR count). The summed E-state index contributed by atoms with van der Waals surface area (Å²) in [6.07, 6.45) is 0. The molecule has 0 aliphatic rings. The number of carbonyl (C=O) groups is 2. The van der Waals surface area contributed by atoms with E-state index in [0.717, 1.165) is 11.3 Å². The molecule has 0 saturated carbocycles. The Morgan fingerprint density at radius 2 is 1.73 bits per heavy atom. The van der Waals surface area contributed by atoms with Gasteiger partial charge in [-0.1, -0.05) is 12.1 Å². The molecule has 0 aliphatic carbocycles. The third-order valence-electron chi connectivity index (χ3n) is 4.51. The number of methoxy groups -OCH3 is 1. The van der Waals surface area contributed by atoms with Crippen LogP contribution < -0.4 is 10.2 Å². The maximum absolute atomic E-state index is 13.0. The van der Waals surface area contributed by atoms with E-state index in [0.29, 0.717) is 35.1 Å². The highest BCUT2D eigenvalue weighted by Gasteiger charge is 2.19. The van der Waals surface area contributed by atoms with Crippen LogP contribution in [0.25, 0.3) is 0 Å². The molecule has 2 aromatic heterocycles. The molecule has 2 amide bonds. The molecule has 0 fully saturated rings. The molecule has 6 nitrogen and oxygen atoms in total. The van der Waals surface area contributed by atoms with E-state index in [1.54, 1.807) is 18.1 Å². The van der Waals surface area contributed by atoms with Gasteiger partial charge in [0.2, 0.25) is 0 Å². The molecule has 0 unspecified atom stereocenters. The predicted molar refractivity (Wildman–Crippen MR) is 124 cm³/mol. The number of amides is 2. The van der Waals surface area contributed by atoms with Gasteiger partial charge in [0, 0.05) is 45.7 Å². The lowest BCUT2D eigenvalue weighted by Gasteiger charge is -2.26. The Labute approximate surface area is 184 Å². The fourth-order valence-electron chi connectivity index (χ4n) is 3.04. The first-order valence-electron chi connectivity index (χ1n) is 9.46. The van der Waals surface area contributed by atoms with Gasteiger partial charge in [0.05, 0.1) is 16.4 Å². The lowest BCUT2D eigenvalue weighted by Crippen LogP contribution is -2.33. The Bertz CT molecular complexity index is 970. The van der Waals surface area contributed by atoms with Gasteiger partial charge < -0.3 is 19.9 Å². The van der Waals surface area contributed by atoms with E-state index in [9.17, 15) is 9.59 Å². The summed E-state index contributed by atoms with van der Waals surface area (Å²) >= 11 is 2.82. The number of nitrogens with one attached hydrogen (secondary N) is 1. The first-order valence-corrected chi connectivity index (χ1v) is 11.2. The highest BCUT2D eigenvalue weighted by Crippen LogP contribution is 2.26. The maximum atomic E-state index is 13.0. The van der Waals surface area contributed by atoms with Crippen LogP contribution in [0.1, 0.15) is 24.9 Å². The molecule has 0 atom stereocenters. The number of hydrogen-bond donors (Lipinski definition) is 1. The summed E-state index contributed by atoms with van der Waals surface area (Å²) in [7, 11) is 5.55. The van der Waals surface area contributed by atoms with Crippen molar-refractivity contribution in [3.05, 3.63) is 68.5 Å². The van der Waals surface area contributed by atoms with Crippen LogP contribution in [0.15, 0.2) is 53.2 Å². The second-order valence-electron chi connectivity index (χ2n) is 6.87. The first kappa shape index (κ1) is 22.0. The highest BCUT2D eigenvalue weighted by molar-refractivity contribution is 7.12. The number of carbonyl (C=O) groups excluding carboxylic acids is 2. The molecule has 158 valence electrons. The van der Waals surface area contributed by atoms with E-state index in [-0.39, 0.29) is 11.8 Å². The Morgan fingerprint density at radius 1 is 1.03 bits per heavy atom. The lowest BCUT2D eigenvalue weighted by atomic mass is 10.1. The lowest BCUT2D eigenvalue weighted by molar-refractivity contribution is 0.0685. The van der Waals surface area contributed by atoms with Crippen molar-refractivity contribution >= 4 is 45.9 Å². The smallest absolute Gasteiger partial charge is 0.265 e. The van der Waals surface area contributed by atoms with Crippen molar-refractivity contribution in [2.24, 2.45) is 0 Å². The van der Waals surface area contributed by atoms with Crippen LogP contribution in [0.3, 0.4) is 0 Å². The first-order chi connectivity index (χ1) is 14.5. The molecule has 3 aromatic rings. The topological polar surface area (TPSA) is 61.9 Å². The second-order valence-corrected chi connectivity index (χ2v) is 8.76. The second kappa shape index (κ2) is 10.4. The Kier molecular flexibility index (Phi) is 7.62. The fourth-order valence-corrected chi connectivity index (χ4v) is 4.35. The Hall–Kier alpha value is -2.68. The minimum Gasteiger partial charge on any atom is -0.383 e. The molecule has 2 heterocycles. The minimum atomic E-state index is -0.139. The van der Waals surface area contributed by atoms with E-state index < -0.39 is 0 Å².